The summed E-state index contributed by atoms with van der Waals surface area (Å²) in [4.78, 5) is 22.1. The topological polar surface area (TPSA) is 46.1 Å². The van der Waals surface area contributed by atoms with E-state index in [1.54, 1.807) is 0 Å². The molecule has 1 aliphatic rings. The summed E-state index contributed by atoms with van der Waals surface area (Å²) in [6, 6.07) is 8.05. The van der Waals surface area contributed by atoms with Crippen LogP contribution in [0.25, 0.3) is 11.1 Å². The molecule has 1 aromatic carbocycles. The molecule has 0 unspecified atom stereocenters. The van der Waals surface area contributed by atoms with E-state index in [0.29, 0.717) is 24.6 Å². The number of aromatic nitrogens is 2. The minimum atomic E-state index is 0.326. The molecule has 1 aromatic heterocycles. The predicted molar refractivity (Wildman–Crippen MR) is 81.6 cm³/mol. The number of rotatable bonds is 2. The van der Waals surface area contributed by atoms with Gasteiger partial charge in [-0.05, 0) is 17.7 Å². The van der Waals surface area contributed by atoms with Crippen molar-refractivity contribution >= 4 is 27.7 Å². The number of carbonyl (C=O) groups is 1. The van der Waals surface area contributed by atoms with Crippen molar-refractivity contribution < 1.29 is 4.79 Å². The first-order valence-corrected chi connectivity index (χ1v) is 7.36. The maximum absolute atomic E-state index is 11.2. The van der Waals surface area contributed by atoms with Gasteiger partial charge < -0.3 is 4.90 Å². The van der Waals surface area contributed by atoms with Gasteiger partial charge in [-0.2, -0.15) is 0 Å². The second-order valence-electron chi connectivity index (χ2n) is 4.81. The molecule has 2 aromatic rings. The molecular weight excluding hydrogens is 318 g/mol. The van der Waals surface area contributed by atoms with Gasteiger partial charge in [-0.3, -0.25) is 4.79 Å². The predicted octanol–water partition coefficient (Wildman–Crippen LogP) is 3.08. The Bertz CT molecular complexity index is 617. The Morgan fingerprint density at radius 1 is 1.05 bits per heavy atom. The Morgan fingerprint density at radius 3 is 2.40 bits per heavy atom. The summed E-state index contributed by atoms with van der Waals surface area (Å²) in [6.07, 6.45) is 4.86. The average molecular weight is 332 g/mol. The molecule has 3 rings (SSSR count). The Hall–Kier alpha value is -1.75. The molecule has 1 fully saturated rings. The van der Waals surface area contributed by atoms with E-state index in [4.69, 9.17) is 0 Å². The third-order valence-electron chi connectivity index (χ3n) is 3.40. The van der Waals surface area contributed by atoms with E-state index >= 15 is 0 Å². The Labute approximate surface area is 126 Å². The van der Waals surface area contributed by atoms with Crippen molar-refractivity contribution in [2.75, 3.05) is 18.0 Å². The third kappa shape index (κ3) is 2.88. The molecular formula is C15H14BrN3O. The van der Waals surface area contributed by atoms with Gasteiger partial charge in [0, 0.05) is 48.4 Å². The molecule has 2 heterocycles. The highest BCUT2D eigenvalue weighted by molar-refractivity contribution is 9.10. The summed E-state index contributed by atoms with van der Waals surface area (Å²) >= 11 is 3.46. The van der Waals surface area contributed by atoms with Crippen molar-refractivity contribution in [3.63, 3.8) is 0 Å². The number of benzene rings is 1. The van der Waals surface area contributed by atoms with Crippen LogP contribution in [-0.4, -0.2) is 28.8 Å². The number of Topliss-reactive ketones (excluding diaryl/α,β-unsaturated/α-hetero) is 1. The number of hydrogen-bond acceptors (Lipinski definition) is 4. The maximum Gasteiger partial charge on any atom is 0.225 e. The molecule has 0 saturated carbocycles. The molecule has 1 saturated heterocycles. The van der Waals surface area contributed by atoms with Crippen molar-refractivity contribution in [1.29, 1.82) is 0 Å². The quantitative estimate of drug-likeness (QED) is 0.848. The number of ketones is 1. The lowest BCUT2D eigenvalue weighted by molar-refractivity contribution is -0.119. The zero-order valence-electron chi connectivity index (χ0n) is 10.9. The molecule has 20 heavy (non-hydrogen) atoms. The van der Waals surface area contributed by atoms with Crippen LogP contribution in [0.1, 0.15) is 12.8 Å². The van der Waals surface area contributed by atoms with Gasteiger partial charge in [0.15, 0.2) is 0 Å². The van der Waals surface area contributed by atoms with Crippen LogP contribution >= 0.6 is 15.9 Å². The van der Waals surface area contributed by atoms with Crippen LogP contribution in [0.3, 0.4) is 0 Å². The molecule has 0 aliphatic carbocycles. The summed E-state index contributed by atoms with van der Waals surface area (Å²) in [5, 5.41) is 0. The van der Waals surface area contributed by atoms with E-state index in [-0.39, 0.29) is 0 Å². The lowest BCUT2D eigenvalue weighted by atomic mass is 10.1. The normalized spacial score (nSPS) is 15.4. The largest absolute Gasteiger partial charge is 0.340 e. The van der Waals surface area contributed by atoms with E-state index in [9.17, 15) is 4.79 Å². The fourth-order valence-electron chi connectivity index (χ4n) is 2.26. The zero-order valence-corrected chi connectivity index (χ0v) is 12.5. The van der Waals surface area contributed by atoms with Gasteiger partial charge in [0.2, 0.25) is 5.95 Å². The number of halogens is 1. The van der Waals surface area contributed by atoms with E-state index in [1.165, 1.54) is 0 Å². The highest BCUT2D eigenvalue weighted by Gasteiger charge is 2.18. The van der Waals surface area contributed by atoms with Gasteiger partial charge in [-0.25, -0.2) is 9.97 Å². The minimum Gasteiger partial charge on any atom is -0.340 e. The van der Waals surface area contributed by atoms with Gasteiger partial charge in [0.25, 0.3) is 0 Å². The first-order chi connectivity index (χ1) is 9.72. The molecule has 0 atom stereocenters. The third-order valence-corrected chi connectivity index (χ3v) is 3.89. The SMILES string of the molecule is O=C1CCN(c2ncc(-c3cccc(Br)c3)cn2)CC1. The molecule has 4 nitrogen and oxygen atoms in total. The summed E-state index contributed by atoms with van der Waals surface area (Å²) in [7, 11) is 0. The Morgan fingerprint density at radius 2 is 1.75 bits per heavy atom. The van der Waals surface area contributed by atoms with E-state index in [0.717, 1.165) is 28.7 Å². The van der Waals surface area contributed by atoms with Crippen LogP contribution < -0.4 is 4.90 Å². The van der Waals surface area contributed by atoms with Gasteiger partial charge >= 0.3 is 0 Å². The number of carbonyl (C=O) groups excluding carboxylic acids is 1. The maximum atomic E-state index is 11.2. The average Bonchev–Trinajstić information content (AvgIpc) is 2.48. The standard InChI is InChI=1S/C15H14BrN3O/c16-13-3-1-2-11(8-13)12-9-17-15(18-10-12)19-6-4-14(20)5-7-19/h1-3,8-10H,4-7H2. The molecule has 102 valence electrons. The van der Waals surface area contributed by atoms with E-state index < -0.39 is 0 Å². The summed E-state index contributed by atoms with van der Waals surface area (Å²) in [5.74, 6) is 1.03. The fourth-order valence-corrected chi connectivity index (χ4v) is 2.66. The summed E-state index contributed by atoms with van der Waals surface area (Å²) in [5.41, 5.74) is 2.07. The van der Waals surface area contributed by atoms with Crippen LogP contribution in [0.15, 0.2) is 41.1 Å². The number of piperidine rings is 1. The number of hydrogen-bond donors (Lipinski definition) is 0. The summed E-state index contributed by atoms with van der Waals surface area (Å²) in [6.45, 7) is 1.43. The highest BCUT2D eigenvalue weighted by atomic mass is 79.9. The van der Waals surface area contributed by atoms with Crippen LogP contribution in [0.5, 0.6) is 0 Å². The van der Waals surface area contributed by atoms with Crippen LogP contribution in [0, 0.1) is 0 Å². The van der Waals surface area contributed by atoms with Gasteiger partial charge in [-0.1, -0.05) is 28.1 Å². The summed E-state index contributed by atoms with van der Waals surface area (Å²) < 4.78 is 1.04. The van der Waals surface area contributed by atoms with Gasteiger partial charge in [0.05, 0.1) is 0 Å². The first kappa shape index (κ1) is 13.2. The van der Waals surface area contributed by atoms with Crippen molar-refractivity contribution in [3.05, 3.63) is 41.1 Å². The van der Waals surface area contributed by atoms with Gasteiger partial charge in [0.1, 0.15) is 5.78 Å². The Kier molecular flexibility index (Phi) is 3.78. The molecule has 0 amide bonds. The lowest BCUT2D eigenvalue weighted by Gasteiger charge is -2.25. The van der Waals surface area contributed by atoms with Crippen LogP contribution in [0.2, 0.25) is 0 Å². The second kappa shape index (κ2) is 5.71. The van der Waals surface area contributed by atoms with Crippen molar-refractivity contribution in [3.8, 4) is 11.1 Å². The second-order valence-corrected chi connectivity index (χ2v) is 5.72. The van der Waals surface area contributed by atoms with Crippen LogP contribution in [-0.2, 0) is 4.79 Å². The van der Waals surface area contributed by atoms with E-state index in [1.807, 2.05) is 36.7 Å². The smallest absolute Gasteiger partial charge is 0.225 e. The van der Waals surface area contributed by atoms with E-state index in [2.05, 4.69) is 30.8 Å². The fraction of sp³-hybridized carbons (Fsp3) is 0.267. The molecule has 0 N–H and O–H groups in total. The number of nitrogens with zero attached hydrogens (tertiary/aromatic N) is 3. The van der Waals surface area contributed by atoms with Crippen molar-refractivity contribution in [2.24, 2.45) is 0 Å². The lowest BCUT2D eigenvalue weighted by Crippen LogP contribution is -2.34. The highest BCUT2D eigenvalue weighted by Crippen LogP contribution is 2.23. The number of anilines is 1. The molecule has 5 heteroatoms. The monoisotopic (exact) mass is 331 g/mol. The Balaban J connectivity index is 1.79. The van der Waals surface area contributed by atoms with Crippen molar-refractivity contribution in [2.45, 2.75) is 12.8 Å². The van der Waals surface area contributed by atoms with Gasteiger partial charge in [-0.15, -0.1) is 0 Å². The zero-order chi connectivity index (χ0) is 13.9. The molecule has 1 aliphatic heterocycles. The molecule has 0 bridgehead atoms. The minimum absolute atomic E-state index is 0.326. The van der Waals surface area contributed by atoms with Crippen LogP contribution in [0.4, 0.5) is 5.95 Å². The first-order valence-electron chi connectivity index (χ1n) is 6.57. The van der Waals surface area contributed by atoms with Crippen molar-refractivity contribution in [1.82, 2.24) is 9.97 Å². The molecule has 0 radical (unpaired) electrons. The molecule has 0 spiro atoms.